The van der Waals surface area contributed by atoms with Crippen LogP contribution in [0.2, 0.25) is 0 Å². The summed E-state index contributed by atoms with van der Waals surface area (Å²) in [6.07, 6.45) is 12.9. The molecular formula is C26H34N2O2. The quantitative estimate of drug-likeness (QED) is 0.712. The number of aryl methyl sites for hydroxylation is 1. The Bertz CT molecular complexity index is 863. The van der Waals surface area contributed by atoms with E-state index in [4.69, 9.17) is 4.74 Å². The number of ether oxygens (including phenoxy) is 1. The minimum atomic E-state index is 0.363. The molecule has 160 valence electrons. The van der Waals surface area contributed by atoms with Crippen LogP contribution in [-0.4, -0.2) is 54.0 Å². The molecule has 30 heavy (non-hydrogen) atoms. The highest BCUT2D eigenvalue weighted by Crippen LogP contribution is 2.45. The van der Waals surface area contributed by atoms with Crippen molar-refractivity contribution in [2.45, 2.75) is 69.9 Å². The number of nitrogens with zero attached hydrogens (tertiary/aromatic N) is 2. The molecule has 4 heterocycles. The summed E-state index contributed by atoms with van der Waals surface area (Å²) in [5, 5.41) is 0. The standard InChI is InChI=1S/C26H34N2O2/c29-25(9-7-18-6-8-24-19(14-18)10-13-30-24)28-12-3-4-20-15-21-16-22(26(20)28)17-27-11-2-1-5-23(21)27/h6,8,14-15,21-23,26H,1-5,7,9-13,16-17H2/t21-,22-,23?,26?/m0/s1. The number of carbonyl (C=O) groups is 1. The van der Waals surface area contributed by atoms with Crippen LogP contribution in [0.15, 0.2) is 29.8 Å². The highest BCUT2D eigenvalue weighted by Gasteiger charge is 2.46. The molecule has 4 atom stereocenters. The van der Waals surface area contributed by atoms with Gasteiger partial charge < -0.3 is 9.64 Å². The molecule has 0 aromatic heterocycles. The zero-order chi connectivity index (χ0) is 20.1. The number of rotatable bonds is 3. The van der Waals surface area contributed by atoms with Gasteiger partial charge >= 0.3 is 0 Å². The van der Waals surface area contributed by atoms with E-state index in [9.17, 15) is 4.79 Å². The number of carbonyl (C=O) groups excluding carboxylic acids is 1. The van der Waals surface area contributed by atoms with Crippen molar-refractivity contribution in [3.05, 3.63) is 41.0 Å². The number of likely N-dealkylation sites (tertiary alicyclic amines) is 1. The van der Waals surface area contributed by atoms with Crippen LogP contribution < -0.4 is 4.74 Å². The van der Waals surface area contributed by atoms with Crippen molar-refractivity contribution in [1.82, 2.24) is 9.80 Å². The van der Waals surface area contributed by atoms with Crippen LogP contribution in [0.4, 0.5) is 0 Å². The second kappa shape index (κ2) is 7.71. The van der Waals surface area contributed by atoms with Crippen LogP contribution in [-0.2, 0) is 17.6 Å². The lowest BCUT2D eigenvalue weighted by molar-refractivity contribution is -0.136. The van der Waals surface area contributed by atoms with Crippen molar-refractivity contribution in [1.29, 1.82) is 0 Å². The zero-order valence-electron chi connectivity index (χ0n) is 18.0. The van der Waals surface area contributed by atoms with Gasteiger partial charge in [-0.3, -0.25) is 9.69 Å². The lowest BCUT2D eigenvalue weighted by atomic mass is 9.68. The van der Waals surface area contributed by atoms with Crippen molar-refractivity contribution in [2.24, 2.45) is 11.8 Å². The molecule has 0 radical (unpaired) electrons. The molecule has 1 aromatic carbocycles. The fourth-order valence-electron chi connectivity index (χ4n) is 7.04. The van der Waals surface area contributed by atoms with Crippen LogP contribution in [0.1, 0.15) is 56.1 Å². The molecule has 5 aliphatic rings. The lowest BCUT2D eigenvalue weighted by Crippen LogP contribution is -2.60. The second-order valence-electron chi connectivity index (χ2n) is 10.1. The lowest BCUT2D eigenvalue weighted by Gasteiger charge is -2.54. The molecule has 6 rings (SSSR count). The molecular weight excluding hydrogens is 372 g/mol. The van der Waals surface area contributed by atoms with Gasteiger partial charge in [0.15, 0.2) is 0 Å². The highest BCUT2D eigenvalue weighted by molar-refractivity contribution is 5.77. The van der Waals surface area contributed by atoms with Crippen LogP contribution in [0.3, 0.4) is 0 Å². The topological polar surface area (TPSA) is 32.8 Å². The molecule has 1 aromatic rings. The van der Waals surface area contributed by atoms with E-state index in [1.54, 1.807) is 5.57 Å². The Hall–Kier alpha value is -1.81. The average molecular weight is 407 g/mol. The van der Waals surface area contributed by atoms with E-state index in [-0.39, 0.29) is 0 Å². The summed E-state index contributed by atoms with van der Waals surface area (Å²) >= 11 is 0. The second-order valence-corrected chi connectivity index (χ2v) is 10.1. The first-order chi connectivity index (χ1) is 14.8. The summed E-state index contributed by atoms with van der Waals surface area (Å²) in [6.45, 7) is 4.22. The molecule has 1 amide bonds. The Balaban J connectivity index is 1.17. The first kappa shape index (κ1) is 18.9. The zero-order valence-corrected chi connectivity index (χ0v) is 18.0. The monoisotopic (exact) mass is 406 g/mol. The van der Waals surface area contributed by atoms with Crippen molar-refractivity contribution < 1.29 is 9.53 Å². The summed E-state index contributed by atoms with van der Waals surface area (Å²) in [5.74, 6) is 2.77. The predicted molar refractivity (Wildman–Crippen MR) is 118 cm³/mol. The van der Waals surface area contributed by atoms with Crippen molar-refractivity contribution >= 4 is 5.91 Å². The van der Waals surface area contributed by atoms with Gasteiger partial charge in [-0.2, -0.15) is 0 Å². The SMILES string of the molecule is O=C(CCc1ccc2c(c1)CCO2)N1CCCC2=C[C@H]3C[C@@H](CN4CCCCC34)C21. The maximum Gasteiger partial charge on any atom is 0.223 e. The third-order valence-corrected chi connectivity index (χ3v) is 8.36. The molecule has 0 spiro atoms. The van der Waals surface area contributed by atoms with E-state index < -0.39 is 0 Å². The summed E-state index contributed by atoms with van der Waals surface area (Å²) < 4.78 is 5.62. The highest BCUT2D eigenvalue weighted by atomic mass is 16.5. The Morgan fingerprint density at radius 1 is 1.13 bits per heavy atom. The molecule has 4 nitrogen and oxygen atoms in total. The first-order valence-corrected chi connectivity index (χ1v) is 12.2. The number of benzene rings is 1. The van der Waals surface area contributed by atoms with E-state index >= 15 is 0 Å². The van der Waals surface area contributed by atoms with Crippen molar-refractivity contribution in [2.75, 3.05) is 26.2 Å². The Labute approximate surface area is 180 Å². The maximum absolute atomic E-state index is 13.4. The molecule has 4 heteroatoms. The molecule has 0 N–H and O–H groups in total. The van der Waals surface area contributed by atoms with Gasteiger partial charge in [-0.15, -0.1) is 0 Å². The number of hydrogen-bond acceptors (Lipinski definition) is 3. The van der Waals surface area contributed by atoms with Gasteiger partial charge in [-0.25, -0.2) is 0 Å². The third-order valence-electron chi connectivity index (χ3n) is 8.36. The van der Waals surface area contributed by atoms with Crippen LogP contribution in [0.25, 0.3) is 0 Å². The normalized spacial score (nSPS) is 32.5. The molecule has 2 unspecified atom stereocenters. The van der Waals surface area contributed by atoms with Crippen LogP contribution in [0, 0.1) is 11.8 Å². The molecule has 0 saturated carbocycles. The van der Waals surface area contributed by atoms with E-state index in [0.717, 1.165) is 50.1 Å². The molecule has 4 aliphatic heterocycles. The van der Waals surface area contributed by atoms with E-state index in [1.807, 2.05) is 0 Å². The summed E-state index contributed by atoms with van der Waals surface area (Å²) in [6, 6.07) is 7.63. The van der Waals surface area contributed by atoms with Gasteiger partial charge in [0.25, 0.3) is 0 Å². The van der Waals surface area contributed by atoms with Gasteiger partial charge in [-0.05, 0) is 74.1 Å². The number of amides is 1. The average Bonchev–Trinajstić information content (AvgIpc) is 3.25. The van der Waals surface area contributed by atoms with Gasteiger partial charge in [-0.1, -0.05) is 30.2 Å². The third kappa shape index (κ3) is 3.28. The molecule has 1 aliphatic carbocycles. The van der Waals surface area contributed by atoms with Crippen molar-refractivity contribution in [3.63, 3.8) is 0 Å². The fourth-order valence-corrected chi connectivity index (χ4v) is 7.04. The largest absolute Gasteiger partial charge is 0.493 e. The Morgan fingerprint density at radius 3 is 3.07 bits per heavy atom. The molecule has 2 bridgehead atoms. The smallest absolute Gasteiger partial charge is 0.223 e. The summed E-state index contributed by atoms with van der Waals surface area (Å²) in [7, 11) is 0. The van der Waals surface area contributed by atoms with Crippen LogP contribution >= 0.6 is 0 Å². The van der Waals surface area contributed by atoms with Gasteiger partial charge in [0.1, 0.15) is 5.75 Å². The summed E-state index contributed by atoms with van der Waals surface area (Å²) in [4.78, 5) is 18.4. The number of fused-ring (bicyclic) bond motifs is 7. The minimum absolute atomic E-state index is 0.363. The minimum Gasteiger partial charge on any atom is -0.493 e. The Morgan fingerprint density at radius 2 is 2.10 bits per heavy atom. The fraction of sp³-hybridized carbons (Fsp3) is 0.654. The molecule has 3 saturated heterocycles. The first-order valence-electron chi connectivity index (χ1n) is 12.2. The summed E-state index contributed by atoms with van der Waals surface area (Å²) in [5.41, 5.74) is 4.17. The van der Waals surface area contributed by atoms with Gasteiger partial charge in [0, 0.05) is 32.0 Å². The predicted octanol–water partition coefficient (Wildman–Crippen LogP) is 3.98. The van der Waals surface area contributed by atoms with E-state index in [1.165, 1.54) is 56.3 Å². The number of hydrogen-bond donors (Lipinski definition) is 0. The Kier molecular flexibility index (Phi) is 4.86. The van der Waals surface area contributed by atoms with Crippen molar-refractivity contribution in [3.8, 4) is 5.75 Å². The number of piperidine rings is 3. The van der Waals surface area contributed by atoms with Gasteiger partial charge in [0.05, 0.1) is 12.6 Å². The van der Waals surface area contributed by atoms with Crippen LogP contribution in [0.5, 0.6) is 5.75 Å². The van der Waals surface area contributed by atoms with E-state index in [0.29, 0.717) is 24.3 Å². The molecule has 3 fully saturated rings. The maximum atomic E-state index is 13.4. The van der Waals surface area contributed by atoms with Gasteiger partial charge in [0.2, 0.25) is 5.91 Å². The van der Waals surface area contributed by atoms with E-state index in [2.05, 4.69) is 34.1 Å².